The number of aryl methyl sites for hydroxylation is 1. The maximum atomic E-state index is 12.3. The number of likely N-dealkylation sites (tertiary alicyclic amines) is 1. The van der Waals surface area contributed by atoms with Gasteiger partial charge in [-0.2, -0.15) is 0 Å². The van der Waals surface area contributed by atoms with Crippen molar-refractivity contribution in [1.29, 1.82) is 0 Å². The standard InChI is InChI=1S/C20H27N3O2/c1-3-16(11-24)19(25)22-12-20(13-22)8-15(9-20)10-23-14(2)7-17-5-4-6-21-18(17)23/h4-7,15-16,24H,3,8-13H2,1-2H3/t16-/m1/s1. The van der Waals surface area contributed by atoms with Crippen LogP contribution in [0.5, 0.6) is 0 Å². The lowest BCUT2D eigenvalue weighted by Gasteiger charge is -2.59. The summed E-state index contributed by atoms with van der Waals surface area (Å²) < 4.78 is 2.34. The SMILES string of the molecule is CC[C@H](CO)C(=O)N1CC2(CC(Cn3c(C)cc4cccnc43)C2)C1. The molecule has 134 valence electrons. The molecule has 0 unspecified atom stereocenters. The number of carbonyl (C=O) groups excluding carboxylic acids is 1. The molecule has 1 atom stereocenters. The normalized spacial score (nSPS) is 20.5. The van der Waals surface area contributed by atoms with E-state index in [2.05, 4.69) is 28.6 Å². The molecule has 0 radical (unpaired) electrons. The number of pyridine rings is 1. The van der Waals surface area contributed by atoms with Crippen LogP contribution in [-0.2, 0) is 11.3 Å². The molecule has 0 bridgehead atoms. The molecule has 2 aromatic rings. The van der Waals surface area contributed by atoms with E-state index in [1.165, 1.54) is 23.9 Å². The lowest BCUT2D eigenvalue weighted by atomic mass is 9.57. The van der Waals surface area contributed by atoms with Crippen molar-refractivity contribution in [1.82, 2.24) is 14.5 Å². The molecule has 1 aliphatic heterocycles. The Hall–Kier alpha value is -1.88. The second kappa shape index (κ2) is 6.13. The van der Waals surface area contributed by atoms with E-state index in [0.29, 0.717) is 17.8 Å². The summed E-state index contributed by atoms with van der Waals surface area (Å²) in [6.07, 6.45) is 4.97. The summed E-state index contributed by atoms with van der Waals surface area (Å²) in [5, 5.41) is 10.5. The van der Waals surface area contributed by atoms with Crippen LogP contribution in [0.1, 0.15) is 31.9 Å². The van der Waals surface area contributed by atoms with Crippen LogP contribution in [0, 0.1) is 24.2 Å². The average Bonchev–Trinajstić information content (AvgIpc) is 2.85. The van der Waals surface area contributed by atoms with E-state index in [1.54, 1.807) is 0 Å². The molecule has 25 heavy (non-hydrogen) atoms. The van der Waals surface area contributed by atoms with E-state index in [1.807, 2.05) is 24.1 Å². The Labute approximate surface area is 148 Å². The predicted octanol–water partition coefficient (Wildman–Crippen LogP) is 2.60. The maximum absolute atomic E-state index is 12.3. The van der Waals surface area contributed by atoms with Crippen LogP contribution >= 0.6 is 0 Å². The lowest BCUT2D eigenvalue weighted by molar-refractivity contribution is -0.161. The first-order chi connectivity index (χ1) is 12.0. The maximum Gasteiger partial charge on any atom is 0.228 e. The number of fused-ring (bicyclic) bond motifs is 1. The fourth-order valence-corrected chi connectivity index (χ4v) is 4.82. The van der Waals surface area contributed by atoms with Crippen molar-refractivity contribution in [3.05, 3.63) is 30.1 Å². The molecule has 3 heterocycles. The van der Waals surface area contributed by atoms with Gasteiger partial charge in [-0.05, 0) is 50.3 Å². The summed E-state index contributed by atoms with van der Waals surface area (Å²) in [4.78, 5) is 18.8. The summed E-state index contributed by atoms with van der Waals surface area (Å²) in [6.45, 7) is 6.86. The number of nitrogens with zero attached hydrogens (tertiary/aromatic N) is 3. The van der Waals surface area contributed by atoms with Crippen LogP contribution in [-0.4, -0.2) is 45.2 Å². The third-order valence-electron chi connectivity index (χ3n) is 6.17. The topological polar surface area (TPSA) is 58.4 Å². The monoisotopic (exact) mass is 341 g/mol. The van der Waals surface area contributed by atoms with Crippen molar-refractivity contribution in [2.45, 2.75) is 39.7 Å². The molecule has 2 aromatic heterocycles. The number of aliphatic hydroxyl groups is 1. The van der Waals surface area contributed by atoms with Crippen molar-refractivity contribution in [3.8, 4) is 0 Å². The van der Waals surface area contributed by atoms with Crippen molar-refractivity contribution in [2.75, 3.05) is 19.7 Å². The Morgan fingerprint density at radius 2 is 2.20 bits per heavy atom. The molecule has 1 N–H and O–H groups in total. The molecule has 0 aromatic carbocycles. The van der Waals surface area contributed by atoms with Gasteiger partial charge in [0.2, 0.25) is 5.91 Å². The molecule has 2 aliphatic rings. The zero-order valence-electron chi connectivity index (χ0n) is 15.1. The summed E-state index contributed by atoms with van der Waals surface area (Å²) in [5.74, 6) is 0.595. The molecule has 1 saturated heterocycles. The molecule has 1 aliphatic carbocycles. The second-order valence-corrected chi connectivity index (χ2v) is 8.07. The summed E-state index contributed by atoms with van der Waals surface area (Å²) in [7, 11) is 0. The van der Waals surface area contributed by atoms with Gasteiger partial charge in [-0.3, -0.25) is 4.79 Å². The van der Waals surface area contributed by atoms with E-state index < -0.39 is 0 Å². The Bertz CT molecular complexity index is 779. The zero-order valence-corrected chi connectivity index (χ0v) is 15.1. The number of hydrogen-bond acceptors (Lipinski definition) is 3. The summed E-state index contributed by atoms with van der Waals surface area (Å²) >= 11 is 0. The van der Waals surface area contributed by atoms with Crippen LogP contribution < -0.4 is 0 Å². The molecule has 5 nitrogen and oxygen atoms in total. The van der Waals surface area contributed by atoms with Gasteiger partial charge < -0.3 is 14.6 Å². The highest BCUT2D eigenvalue weighted by atomic mass is 16.3. The largest absolute Gasteiger partial charge is 0.396 e. The number of carbonyl (C=O) groups is 1. The van der Waals surface area contributed by atoms with Crippen molar-refractivity contribution < 1.29 is 9.90 Å². The molecule has 1 saturated carbocycles. The van der Waals surface area contributed by atoms with E-state index in [4.69, 9.17) is 0 Å². The van der Waals surface area contributed by atoms with E-state index >= 15 is 0 Å². The Kier molecular flexibility index (Phi) is 4.07. The van der Waals surface area contributed by atoms with Crippen LogP contribution in [0.25, 0.3) is 11.0 Å². The zero-order chi connectivity index (χ0) is 17.6. The van der Waals surface area contributed by atoms with Crippen LogP contribution in [0.3, 0.4) is 0 Å². The number of hydrogen-bond donors (Lipinski definition) is 1. The molecule has 5 heteroatoms. The third kappa shape index (κ3) is 2.74. The number of amides is 1. The highest BCUT2D eigenvalue weighted by molar-refractivity contribution is 5.80. The minimum absolute atomic E-state index is 0.0333. The summed E-state index contributed by atoms with van der Waals surface area (Å²) in [6, 6.07) is 6.31. The Balaban J connectivity index is 1.34. The van der Waals surface area contributed by atoms with Gasteiger partial charge in [-0.15, -0.1) is 0 Å². The minimum Gasteiger partial charge on any atom is -0.396 e. The first-order valence-electron chi connectivity index (χ1n) is 9.36. The van der Waals surface area contributed by atoms with Gasteiger partial charge in [0.15, 0.2) is 0 Å². The highest BCUT2D eigenvalue weighted by Gasteiger charge is 2.53. The predicted molar refractivity (Wildman–Crippen MR) is 97.1 cm³/mol. The third-order valence-corrected chi connectivity index (χ3v) is 6.17. The smallest absolute Gasteiger partial charge is 0.228 e. The van der Waals surface area contributed by atoms with Crippen molar-refractivity contribution in [2.24, 2.45) is 17.3 Å². The van der Waals surface area contributed by atoms with Gasteiger partial charge in [-0.25, -0.2) is 4.98 Å². The summed E-state index contributed by atoms with van der Waals surface area (Å²) in [5.41, 5.74) is 2.70. The van der Waals surface area contributed by atoms with Gasteiger partial charge in [0.1, 0.15) is 5.65 Å². The molecule has 1 amide bonds. The van der Waals surface area contributed by atoms with Gasteiger partial charge in [0.05, 0.1) is 12.5 Å². The van der Waals surface area contributed by atoms with Gasteiger partial charge in [-0.1, -0.05) is 6.92 Å². The van der Waals surface area contributed by atoms with E-state index in [0.717, 1.165) is 25.3 Å². The van der Waals surface area contributed by atoms with Crippen LogP contribution in [0.15, 0.2) is 24.4 Å². The van der Waals surface area contributed by atoms with Crippen molar-refractivity contribution in [3.63, 3.8) is 0 Å². The number of rotatable bonds is 5. The van der Waals surface area contributed by atoms with E-state index in [-0.39, 0.29) is 18.4 Å². The van der Waals surface area contributed by atoms with Gasteiger partial charge in [0, 0.05) is 42.3 Å². The van der Waals surface area contributed by atoms with Gasteiger partial charge in [0.25, 0.3) is 0 Å². The lowest BCUT2D eigenvalue weighted by Crippen LogP contribution is -2.65. The average molecular weight is 341 g/mol. The first kappa shape index (κ1) is 16.6. The minimum atomic E-state index is -0.215. The molecular weight excluding hydrogens is 314 g/mol. The fourth-order valence-electron chi connectivity index (χ4n) is 4.82. The second-order valence-electron chi connectivity index (χ2n) is 8.07. The van der Waals surface area contributed by atoms with Crippen LogP contribution in [0.4, 0.5) is 0 Å². The van der Waals surface area contributed by atoms with Crippen LogP contribution in [0.2, 0.25) is 0 Å². The van der Waals surface area contributed by atoms with E-state index in [9.17, 15) is 9.90 Å². The van der Waals surface area contributed by atoms with Gasteiger partial charge >= 0.3 is 0 Å². The van der Waals surface area contributed by atoms with Crippen molar-refractivity contribution >= 4 is 16.9 Å². The Morgan fingerprint density at radius 3 is 2.88 bits per heavy atom. The molecule has 1 spiro atoms. The quantitative estimate of drug-likeness (QED) is 0.909. The highest BCUT2D eigenvalue weighted by Crippen LogP contribution is 2.52. The number of aliphatic hydroxyl groups excluding tert-OH is 1. The molecule has 2 fully saturated rings. The Morgan fingerprint density at radius 1 is 1.44 bits per heavy atom. The molecular formula is C20H27N3O2. The molecule has 4 rings (SSSR count). The fraction of sp³-hybridized carbons (Fsp3) is 0.600. The number of aromatic nitrogens is 2. The first-order valence-corrected chi connectivity index (χ1v) is 9.36.